The van der Waals surface area contributed by atoms with Gasteiger partial charge in [0.25, 0.3) is 16.6 Å². The molecule has 0 bridgehead atoms. The number of rotatable bonds is 16. The molecule has 2 amide bonds. The molecule has 6 aromatic rings. The normalized spacial score (nSPS) is 11.3. The van der Waals surface area contributed by atoms with Gasteiger partial charge in [-0.05, 0) is 100 Å². The first-order valence-corrected chi connectivity index (χ1v) is 25.2. The number of nitrogens with one attached hydrogen (secondary N) is 2. The van der Waals surface area contributed by atoms with Gasteiger partial charge in [-0.1, -0.05) is 118 Å². The number of fused-ring (bicyclic) bond motifs is 6. The minimum Gasteiger partial charge on any atom is -0.460 e. The number of benzene rings is 6. The van der Waals surface area contributed by atoms with Crippen LogP contribution in [0.1, 0.15) is 75.6 Å². The number of hydrogen-bond donors (Lipinski definition) is 3. The van der Waals surface area contributed by atoms with Gasteiger partial charge in [0.1, 0.15) is 19.8 Å². The molecule has 6 aromatic carbocycles. The van der Waals surface area contributed by atoms with E-state index in [1.54, 1.807) is 0 Å². The van der Waals surface area contributed by atoms with Crippen LogP contribution in [0.15, 0.2) is 146 Å². The maximum absolute atomic E-state index is 12.1. The average molecular weight is 1090 g/mol. The number of non-ortho nitro benzene ring substituents is 2. The van der Waals surface area contributed by atoms with Crippen molar-refractivity contribution in [2.45, 2.75) is 32.6 Å². The zero-order valence-electron chi connectivity index (χ0n) is 41.5. The minimum absolute atomic E-state index is 0.0342. The molecule has 0 heterocycles. The van der Waals surface area contributed by atoms with Gasteiger partial charge in [-0.25, -0.2) is 14.4 Å². The molecule has 2 aliphatic rings. The molecule has 0 fully saturated rings. The molecule has 8 rings (SSSR count). The first-order valence-electron chi connectivity index (χ1n) is 23.7. The van der Waals surface area contributed by atoms with Crippen LogP contribution in [0.2, 0.25) is 0 Å². The average Bonchev–Trinajstić information content (AvgIpc) is 3.93. The lowest BCUT2D eigenvalue weighted by Crippen LogP contribution is -2.29. The molecule has 20 heteroatoms. The molecular formula is C55H58Cl3N5O12. The predicted octanol–water partition coefficient (Wildman–Crippen LogP) is 11.6. The zero-order chi connectivity index (χ0) is 54.7. The Bertz CT molecular complexity index is 2690. The van der Waals surface area contributed by atoms with Gasteiger partial charge in [0.15, 0.2) is 0 Å². The van der Waals surface area contributed by atoms with Crippen LogP contribution in [-0.4, -0.2) is 108 Å². The Morgan fingerprint density at radius 2 is 0.880 bits per heavy atom. The number of nitro groups is 2. The summed E-state index contributed by atoms with van der Waals surface area (Å²) in [4.78, 5) is 68.2. The summed E-state index contributed by atoms with van der Waals surface area (Å²) < 4.78 is 15.8. The van der Waals surface area contributed by atoms with Crippen molar-refractivity contribution in [3.05, 3.63) is 199 Å². The Morgan fingerprint density at radius 1 is 0.547 bits per heavy atom. The number of nitrogens with zero attached hydrogens (tertiary/aromatic N) is 3. The summed E-state index contributed by atoms with van der Waals surface area (Å²) in [7, 11) is 0. The molecule has 0 unspecified atom stereocenters. The SMILES string of the molecule is CCN(CC)CC.ClCCl.O=C(Cl)c1ccc([N+](=O)[O-])cc1.O=C(NCCO)OCC1c2ccccc2-c2ccccc21.O=C(NCCOC(=O)c1ccc([N+](=O)[O-])cc1)OCC1c2ccccc2-c2ccccc21. The van der Waals surface area contributed by atoms with E-state index in [1.165, 1.54) is 90.4 Å². The molecule has 75 heavy (non-hydrogen) atoms. The molecule has 0 aromatic heterocycles. The van der Waals surface area contributed by atoms with Crippen molar-refractivity contribution in [3.8, 4) is 22.3 Å². The fourth-order valence-corrected chi connectivity index (χ4v) is 8.07. The van der Waals surface area contributed by atoms with Crippen molar-refractivity contribution in [3.63, 3.8) is 0 Å². The van der Waals surface area contributed by atoms with Crippen molar-refractivity contribution >= 4 is 69.6 Å². The number of ether oxygens (including phenoxy) is 3. The second kappa shape index (κ2) is 32.0. The number of nitro benzene ring substituents is 2. The topological polar surface area (TPSA) is 230 Å². The minimum atomic E-state index is -0.630. The highest BCUT2D eigenvalue weighted by atomic mass is 35.5. The fraction of sp³-hybridized carbons (Fsp3) is 0.273. The molecule has 2 aliphatic carbocycles. The van der Waals surface area contributed by atoms with Gasteiger partial charge in [0.2, 0.25) is 0 Å². The number of alkyl carbamates (subject to hydrolysis) is 2. The van der Waals surface area contributed by atoms with E-state index < -0.39 is 33.2 Å². The number of carbonyl (C=O) groups excluding carboxylic acids is 4. The van der Waals surface area contributed by atoms with Gasteiger partial charge in [0, 0.05) is 48.2 Å². The second-order valence-corrected chi connectivity index (χ2v) is 17.1. The van der Waals surface area contributed by atoms with E-state index >= 15 is 0 Å². The van der Waals surface area contributed by atoms with Crippen LogP contribution in [-0.2, 0) is 14.2 Å². The van der Waals surface area contributed by atoms with E-state index in [4.69, 9.17) is 54.1 Å². The van der Waals surface area contributed by atoms with E-state index in [9.17, 15) is 39.4 Å². The third-order valence-electron chi connectivity index (χ3n) is 11.6. The van der Waals surface area contributed by atoms with E-state index in [-0.39, 0.29) is 72.6 Å². The number of halogens is 3. The maximum Gasteiger partial charge on any atom is 0.407 e. The van der Waals surface area contributed by atoms with Gasteiger partial charge in [-0.2, -0.15) is 0 Å². The summed E-state index contributed by atoms with van der Waals surface area (Å²) in [5, 5.41) is 34.1. The van der Waals surface area contributed by atoms with Gasteiger partial charge in [0.05, 0.1) is 33.9 Å². The molecular weight excluding hydrogens is 1030 g/mol. The summed E-state index contributed by atoms with van der Waals surface area (Å²) in [5.74, 6) is -0.598. The molecule has 17 nitrogen and oxygen atoms in total. The van der Waals surface area contributed by atoms with Crippen molar-refractivity contribution in [2.24, 2.45) is 0 Å². The molecule has 396 valence electrons. The number of carbonyl (C=O) groups is 4. The van der Waals surface area contributed by atoms with Crippen LogP contribution >= 0.6 is 34.8 Å². The van der Waals surface area contributed by atoms with Crippen molar-refractivity contribution in [1.82, 2.24) is 15.5 Å². The predicted molar refractivity (Wildman–Crippen MR) is 290 cm³/mol. The molecule has 0 radical (unpaired) electrons. The zero-order valence-corrected chi connectivity index (χ0v) is 43.8. The monoisotopic (exact) mass is 1090 g/mol. The van der Waals surface area contributed by atoms with Crippen molar-refractivity contribution in [1.29, 1.82) is 0 Å². The second-order valence-electron chi connectivity index (χ2n) is 16.0. The Kier molecular flexibility index (Phi) is 25.7. The van der Waals surface area contributed by atoms with Crippen molar-refractivity contribution in [2.75, 3.05) is 64.5 Å². The lowest BCUT2D eigenvalue weighted by molar-refractivity contribution is -0.385. The Balaban J connectivity index is 0.000000241. The Morgan fingerprint density at radius 3 is 1.19 bits per heavy atom. The van der Waals surface area contributed by atoms with Crippen LogP contribution < -0.4 is 10.6 Å². The van der Waals surface area contributed by atoms with Gasteiger partial charge in [-0.3, -0.25) is 25.0 Å². The van der Waals surface area contributed by atoms with Crippen LogP contribution in [0.25, 0.3) is 22.3 Å². The number of esters is 1. The summed E-state index contributed by atoms with van der Waals surface area (Å²) in [6.07, 6.45) is -1.09. The lowest BCUT2D eigenvalue weighted by atomic mass is 9.98. The third-order valence-corrected chi connectivity index (χ3v) is 11.9. The largest absolute Gasteiger partial charge is 0.460 e. The molecule has 0 spiro atoms. The molecule has 0 aliphatic heterocycles. The van der Waals surface area contributed by atoms with Gasteiger partial charge >= 0.3 is 18.2 Å². The Hall–Kier alpha value is -7.41. The summed E-state index contributed by atoms with van der Waals surface area (Å²) in [6, 6.07) is 42.7. The van der Waals surface area contributed by atoms with Crippen LogP contribution in [0.5, 0.6) is 0 Å². The smallest absolute Gasteiger partial charge is 0.407 e. The highest BCUT2D eigenvalue weighted by molar-refractivity contribution is 6.67. The van der Waals surface area contributed by atoms with Crippen LogP contribution in [0.4, 0.5) is 21.0 Å². The molecule has 0 saturated carbocycles. The molecule has 0 saturated heterocycles. The summed E-state index contributed by atoms with van der Waals surface area (Å²) >= 11 is 14.7. The van der Waals surface area contributed by atoms with Gasteiger partial charge in [-0.15, -0.1) is 23.2 Å². The number of amides is 2. The first-order chi connectivity index (χ1) is 36.2. The first kappa shape index (κ1) is 60.1. The third kappa shape index (κ3) is 18.2. The Labute approximate surface area is 450 Å². The van der Waals surface area contributed by atoms with Crippen LogP contribution in [0, 0.1) is 20.2 Å². The maximum atomic E-state index is 12.1. The van der Waals surface area contributed by atoms with E-state index in [0.29, 0.717) is 6.61 Å². The van der Waals surface area contributed by atoms with Crippen LogP contribution in [0.3, 0.4) is 0 Å². The van der Waals surface area contributed by atoms with Gasteiger partial charge < -0.3 is 34.9 Å². The van der Waals surface area contributed by atoms with E-state index in [2.05, 4.69) is 72.7 Å². The summed E-state index contributed by atoms with van der Waals surface area (Å²) in [6.45, 7) is 10.8. The lowest BCUT2D eigenvalue weighted by Gasteiger charge is -2.14. The van der Waals surface area contributed by atoms with Crippen molar-refractivity contribution < 1.29 is 48.3 Å². The number of alkyl halides is 2. The van der Waals surface area contributed by atoms with E-state index in [0.717, 1.165) is 22.3 Å². The number of hydrogen-bond acceptors (Lipinski definition) is 13. The quantitative estimate of drug-likeness (QED) is 0.0156. The highest BCUT2D eigenvalue weighted by Crippen LogP contribution is 2.45. The molecule has 0 atom stereocenters. The van der Waals surface area contributed by atoms with E-state index in [1.807, 2.05) is 60.7 Å². The fourth-order valence-electron chi connectivity index (χ4n) is 7.94. The number of aliphatic hydroxyl groups excluding tert-OH is 1. The standard InChI is InChI=1S/C24H20N2O6.C17H17NO3.C7H4ClNO3.C6H15N.CH2Cl2/c27-23(16-9-11-17(12-10-16)26(29)30)31-14-13-25-24(28)32-15-22-20-7-3-1-5-18(20)19-6-2-4-8-21(19)22;19-10-9-18-17(20)21-11-16-14-7-3-1-5-12(14)13-6-2-4-8-15(13)16;8-7(10)5-1-3-6(4-2-5)9(11)12;1-4-7(5-2)6-3;2-1-3/h1-12,22H,13-15H2,(H,25,28);1-8,16,19H,9-11H2,(H,18,20);1-4H;4-6H2,1-3H3;1H2. The summed E-state index contributed by atoms with van der Waals surface area (Å²) in [5.41, 5.74) is 9.61. The number of aliphatic hydroxyl groups is 1. The highest BCUT2D eigenvalue weighted by Gasteiger charge is 2.30. The molecule has 3 N–H and O–H groups in total.